The molecule has 0 bridgehead atoms. The standard InChI is InChI=1S/C13H21N3O2/c1-10-8-15-11(2)13(16-10)14-5-7-17-9-12-4-3-6-18-12/h8,12H,3-7,9H2,1-2H3,(H,14,16)/t12-/m0/s1. The summed E-state index contributed by atoms with van der Waals surface area (Å²) < 4.78 is 11.1. The zero-order chi connectivity index (χ0) is 12.8. The van der Waals surface area contributed by atoms with Crippen molar-refractivity contribution in [3.63, 3.8) is 0 Å². The van der Waals surface area contributed by atoms with Crippen molar-refractivity contribution in [3.8, 4) is 0 Å². The Morgan fingerprint density at radius 1 is 1.50 bits per heavy atom. The van der Waals surface area contributed by atoms with Gasteiger partial charge < -0.3 is 14.8 Å². The summed E-state index contributed by atoms with van der Waals surface area (Å²) in [5.41, 5.74) is 1.84. The van der Waals surface area contributed by atoms with E-state index in [0.717, 1.165) is 43.2 Å². The van der Waals surface area contributed by atoms with E-state index in [1.54, 1.807) is 6.20 Å². The molecule has 1 aromatic rings. The van der Waals surface area contributed by atoms with Crippen LogP contribution in [0.3, 0.4) is 0 Å². The number of aromatic nitrogens is 2. The molecule has 18 heavy (non-hydrogen) atoms. The molecule has 0 amide bonds. The molecule has 1 aliphatic rings. The number of hydrogen-bond donors (Lipinski definition) is 1. The Morgan fingerprint density at radius 2 is 2.39 bits per heavy atom. The molecule has 1 aromatic heterocycles. The van der Waals surface area contributed by atoms with Crippen LogP contribution in [0.5, 0.6) is 0 Å². The number of anilines is 1. The number of nitrogens with zero attached hydrogens (tertiary/aromatic N) is 2. The van der Waals surface area contributed by atoms with Gasteiger partial charge in [0.15, 0.2) is 0 Å². The Hall–Kier alpha value is -1.20. The van der Waals surface area contributed by atoms with Crippen molar-refractivity contribution < 1.29 is 9.47 Å². The highest BCUT2D eigenvalue weighted by Crippen LogP contribution is 2.12. The van der Waals surface area contributed by atoms with E-state index < -0.39 is 0 Å². The topological polar surface area (TPSA) is 56.3 Å². The number of hydrogen-bond acceptors (Lipinski definition) is 5. The molecule has 1 atom stereocenters. The summed E-state index contributed by atoms with van der Waals surface area (Å²) in [4.78, 5) is 8.65. The maximum absolute atomic E-state index is 5.57. The lowest BCUT2D eigenvalue weighted by molar-refractivity contribution is 0.0206. The lowest BCUT2D eigenvalue weighted by atomic mass is 10.2. The molecular formula is C13H21N3O2. The first-order valence-corrected chi connectivity index (χ1v) is 6.49. The van der Waals surface area contributed by atoms with Gasteiger partial charge in [0.25, 0.3) is 0 Å². The van der Waals surface area contributed by atoms with Crippen LogP contribution >= 0.6 is 0 Å². The summed E-state index contributed by atoms with van der Waals surface area (Å²) in [6.45, 7) is 6.86. The molecule has 2 heterocycles. The molecule has 0 aliphatic carbocycles. The maximum atomic E-state index is 5.57. The summed E-state index contributed by atoms with van der Waals surface area (Å²) >= 11 is 0. The molecule has 5 heteroatoms. The van der Waals surface area contributed by atoms with Crippen LogP contribution in [-0.4, -0.2) is 42.4 Å². The predicted molar refractivity (Wildman–Crippen MR) is 69.8 cm³/mol. The zero-order valence-electron chi connectivity index (χ0n) is 11.1. The third kappa shape index (κ3) is 3.92. The average molecular weight is 251 g/mol. The molecule has 1 saturated heterocycles. The molecule has 2 rings (SSSR count). The van der Waals surface area contributed by atoms with E-state index in [0.29, 0.717) is 19.3 Å². The number of ether oxygens (including phenoxy) is 2. The van der Waals surface area contributed by atoms with Gasteiger partial charge in [-0.2, -0.15) is 0 Å². The SMILES string of the molecule is Cc1cnc(C)c(NCCOC[C@@H]2CCCO2)n1. The number of aryl methyl sites for hydroxylation is 2. The molecule has 1 aliphatic heterocycles. The molecule has 100 valence electrons. The van der Waals surface area contributed by atoms with Crippen molar-refractivity contribution in [2.24, 2.45) is 0 Å². The number of rotatable bonds is 6. The van der Waals surface area contributed by atoms with E-state index in [9.17, 15) is 0 Å². The smallest absolute Gasteiger partial charge is 0.147 e. The van der Waals surface area contributed by atoms with Gasteiger partial charge in [0.2, 0.25) is 0 Å². The normalized spacial score (nSPS) is 19.1. The minimum absolute atomic E-state index is 0.297. The van der Waals surface area contributed by atoms with Crippen molar-refractivity contribution in [3.05, 3.63) is 17.6 Å². The van der Waals surface area contributed by atoms with Crippen molar-refractivity contribution in [2.75, 3.05) is 31.7 Å². The lowest BCUT2D eigenvalue weighted by Crippen LogP contribution is -2.18. The van der Waals surface area contributed by atoms with Crippen molar-refractivity contribution in [1.29, 1.82) is 0 Å². The Morgan fingerprint density at radius 3 is 3.17 bits per heavy atom. The Labute approximate surface area is 108 Å². The zero-order valence-corrected chi connectivity index (χ0v) is 11.1. The van der Waals surface area contributed by atoms with Gasteiger partial charge in [0.1, 0.15) is 5.82 Å². The highest BCUT2D eigenvalue weighted by molar-refractivity contribution is 5.39. The van der Waals surface area contributed by atoms with E-state index in [1.165, 1.54) is 0 Å². The van der Waals surface area contributed by atoms with Gasteiger partial charge in [0.05, 0.1) is 30.7 Å². The molecule has 0 saturated carbocycles. The summed E-state index contributed by atoms with van der Waals surface area (Å²) in [6.07, 6.45) is 4.35. The summed E-state index contributed by atoms with van der Waals surface area (Å²) in [5.74, 6) is 0.843. The molecule has 5 nitrogen and oxygen atoms in total. The fraction of sp³-hybridized carbons (Fsp3) is 0.692. The van der Waals surface area contributed by atoms with Crippen LogP contribution in [0.2, 0.25) is 0 Å². The molecule has 0 spiro atoms. The van der Waals surface area contributed by atoms with E-state index in [4.69, 9.17) is 9.47 Å². The average Bonchev–Trinajstić information content (AvgIpc) is 2.86. The highest BCUT2D eigenvalue weighted by Gasteiger charge is 2.14. The van der Waals surface area contributed by atoms with Crippen LogP contribution in [0, 0.1) is 13.8 Å². The van der Waals surface area contributed by atoms with E-state index in [-0.39, 0.29) is 0 Å². The van der Waals surface area contributed by atoms with Gasteiger partial charge in [-0.05, 0) is 26.7 Å². The summed E-state index contributed by atoms with van der Waals surface area (Å²) in [6, 6.07) is 0. The summed E-state index contributed by atoms with van der Waals surface area (Å²) in [5, 5.41) is 3.24. The lowest BCUT2D eigenvalue weighted by Gasteiger charge is -2.11. The molecular weight excluding hydrogens is 230 g/mol. The second-order valence-corrected chi connectivity index (χ2v) is 4.58. The number of nitrogens with one attached hydrogen (secondary N) is 1. The van der Waals surface area contributed by atoms with E-state index >= 15 is 0 Å². The van der Waals surface area contributed by atoms with Crippen LogP contribution in [0.1, 0.15) is 24.2 Å². The van der Waals surface area contributed by atoms with Crippen LogP contribution in [0.4, 0.5) is 5.82 Å². The largest absolute Gasteiger partial charge is 0.377 e. The fourth-order valence-electron chi connectivity index (χ4n) is 1.94. The Kier molecular flexibility index (Phi) is 4.90. The first kappa shape index (κ1) is 13.2. The van der Waals surface area contributed by atoms with Crippen LogP contribution in [0.25, 0.3) is 0 Å². The maximum Gasteiger partial charge on any atom is 0.147 e. The Balaban J connectivity index is 1.64. The first-order chi connectivity index (χ1) is 8.75. The predicted octanol–water partition coefficient (Wildman–Crippen LogP) is 1.70. The van der Waals surface area contributed by atoms with Gasteiger partial charge in [0, 0.05) is 19.3 Å². The van der Waals surface area contributed by atoms with E-state index in [1.807, 2.05) is 13.8 Å². The van der Waals surface area contributed by atoms with Gasteiger partial charge in [-0.1, -0.05) is 0 Å². The first-order valence-electron chi connectivity index (χ1n) is 6.49. The van der Waals surface area contributed by atoms with Gasteiger partial charge in [-0.25, -0.2) is 4.98 Å². The molecule has 0 radical (unpaired) electrons. The third-order valence-corrected chi connectivity index (χ3v) is 2.94. The van der Waals surface area contributed by atoms with Crippen molar-refractivity contribution in [2.45, 2.75) is 32.8 Å². The minimum atomic E-state index is 0.297. The minimum Gasteiger partial charge on any atom is -0.377 e. The second kappa shape index (κ2) is 6.66. The quantitative estimate of drug-likeness (QED) is 0.780. The van der Waals surface area contributed by atoms with Crippen LogP contribution < -0.4 is 5.32 Å². The molecule has 0 aromatic carbocycles. The van der Waals surface area contributed by atoms with Gasteiger partial charge in [-0.15, -0.1) is 0 Å². The monoisotopic (exact) mass is 251 g/mol. The summed E-state index contributed by atoms with van der Waals surface area (Å²) in [7, 11) is 0. The fourth-order valence-corrected chi connectivity index (χ4v) is 1.94. The van der Waals surface area contributed by atoms with Crippen LogP contribution in [0.15, 0.2) is 6.20 Å². The van der Waals surface area contributed by atoms with Crippen LogP contribution in [-0.2, 0) is 9.47 Å². The molecule has 0 unspecified atom stereocenters. The van der Waals surface area contributed by atoms with Crippen molar-refractivity contribution in [1.82, 2.24) is 9.97 Å². The highest BCUT2D eigenvalue weighted by atomic mass is 16.5. The second-order valence-electron chi connectivity index (χ2n) is 4.58. The molecule has 1 fully saturated rings. The van der Waals surface area contributed by atoms with Gasteiger partial charge >= 0.3 is 0 Å². The Bertz CT molecular complexity index is 378. The van der Waals surface area contributed by atoms with Gasteiger partial charge in [-0.3, -0.25) is 4.98 Å². The third-order valence-electron chi connectivity index (χ3n) is 2.94. The molecule has 1 N–H and O–H groups in total. The van der Waals surface area contributed by atoms with E-state index in [2.05, 4.69) is 15.3 Å². The van der Waals surface area contributed by atoms with Crippen molar-refractivity contribution >= 4 is 5.82 Å².